The van der Waals surface area contributed by atoms with Gasteiger partial charge < -0.3 is 0 Å². The quantitative estimate of drug-likeness (QED) is 0.427. The van der Waals surface area contributed by atoms with Gasteiger partial charge in [-0.05, 0) is 18.8 Å². The van der Waals surface area contributed by atoms with E-state index in [1.165, 1.54) is 12.8 Å². The third kappa shape index (κ3) is 1.32. The molecular weight excluding hydrogens is 100 g/mol. The van der Waals surface area contributed by atoms with Gasteiger partial charge >= 0.3 is 0 Å². The molecule has 1 heteroatoms. The van der Waals surface area contributed by atoms with E-state index in [0.717, 1.165) is 18.8 Å². The second-order valence-electron chi connectivity index (χ2n) is 2.75. The number of hydrogen-bond donors (Lipinski definition) is 0. The summed E-state index contributed by atoms with van der Waals surface area (Å²) in [7, 11) is 0. The lowest BCUT2D eigenvalue weighted by atomic mass is 9.90. The molecule has 0 aromatic heterocycles. The molecule has 1 fully saturated rings. The van der Waals surface area contributed by atoms with E-state index in [4.69, 9.17) is 4.79 Å². The molecule has 1 N–H and O–H groups in total. The van der Waals surface area contributed by atoms with Crippen molar-refractivity contribution in [1.82, 2.24) is 0 Å². The minimum Gasteiger partial charge on any atom is -0.284 e. The molecule has 1 aliphatic rings. The van der Waals surface area contributed by atoms with Crippen molar-refractivity contribution in [3.63, 3.8) is 0 Å². The monoisotopic (exact) mass is 113 g/mol. The van der Waals surface area contributed by atoms with Crippen LogP contribution in [0.3, 0.4) is 0 Å². The van der Waals surface area contributed by atoms with E-state index in [1.807, 2.05) is 0 Å². The van der Waals surface area contributed by atoms with Gasteiger partial charge in [-0.1, -0.05) is 6.92 Å². The first-order valence-corrected chi connectivity index (χ1v) is 3.32. The van der Waals surface area contributed by atoms with Crippen LogP contribution in [0.4, 0.5) is 0 Å². The fraction of sp³-hybridized carbons (Fsp3) is 0.857. The van der Waals surface area contributed by atoms with E-state index in [1.54, 1.807) is 0 Å². The van der Waals surface area contributed by atoms with Crippen LogP contribution in [0.5, 0.6) is 0 Å². The Bertz CT molecular complexity index is 86.6. The smallest absolute Gasteiger partial charge is 0.284 e. The van der Waals surface area contributed by atoms with E-state index >= 15 is 0 Å². The highest BCUT2D eigenvalue weighted by Gasteiger charge is 2.18. The van der Waals surface area contributed by atoms with Crippen molar-refractivity contribution in [3.05, 3.63) is 0 Å². The second-order valence-corrected chi connectivity index (χ2v) is 2.75. The fourth-order valence-corrected chi connectivity index (χ4v) is 1.10. The van der Waals surface area contributed by atoms with Crippen LogP contribution in [0, 0.1) is 5.92 Å². The Balaban J connectivity index is 2.29. The molecular formula is C7H13O+. The van der Waals surface area contributed by atoms with E-state index in [-0.39, 0.29) is 0 Å². The highest BCUT2D eigenvalue weighted by atomic mass is 16.1. The number of hydrogen-bond acceptors (Lipinski definition) is 0. The van der Waals surface area contributed by atoms with E-state index < -0.39 is 0 Å². The Labute approximate surface area is 50.1 Å². The Morgan fingerprint density at radius 2 is 1.88 bits per heavy atom. The zero-order valence-corrected chi connectivity index (χ0v) is 5.35. The van der Waals surface area contributed by atoms with Crippen LogP contribution >= 0.6 is 0 Å². The van der Waals surface area contributed by atoms with Crippen molar-refractivity contribution < 1.29 is 4.79 Å². The lowest BCUT2D eigenvalue weighted by molar-refractivity contribution is 0.457. The maximum atomic E-state index is 8.94. The van der Waals surface area contributed by atoms with Gasteiger partial charge in [-0.2, -0.15) is 0 Å². The summed E-state index contributed by atoms with van der Waals surface area (Å²) in [6.07, 6.45) is 4.26. The summed E-state index contributed by atoms with van der Waals surface area (Å²) in [5.41, 5.74) is 0. The van der Waals surface area contributed by atoms with Crippen LogP contribution in [-0.2, 0) is 0 Å². The highest BCUT2D eigenvalue weighted by Crippen LogP contribution is 2.19. The lowest BCUT2D eigenvalue weighted by Gasteiger charge is -2.11. The van der Waals surface area contributed by atoms with Crippen molar-refractivity contribution >= 4 is 5.78 Å². The SMILES string of the molecule is CC1CCC(=[OH+])CC1. The molecule has 8 heavy (non-hydrogen) atoms. The van der Waals surface area contributed by atoms with Crippen LogP contribution in [0.25, 0.3) is 0 Å². The van der Waals surface area contributed by atoms with Gasteiger partial charge in [0.25, 0.3) is 5.78 Å². The van der Waals surface area contributed by atoms with Gasteiger partial charge in [0, 0.05) is 0 Å². The molecule has 0 saturated heterocycles. The van der Waals surface area contributed by atoms with Gasteiger partial charge in [-0.15, -0.1) is 0 Å². The number of ketones is 1. The Kier molecular flexibility index (Phi) is 1.66. The van der Waals surface area contributed by atoms with Crippen LogP contribution in [0.15, 0.2) is 0 Å². The van der Waals surface area contributed by atoms with Crippen LogP contribution in [0.2, 0.25) is 0 Å². The molecule has 0 bridgehead atoms. The number of carbonyl (C=O) groups excluding carboxylic acids is 1. The van der Waals surface area contributed by atoms with Crippen molar-refractivity contribution in [2.75, 3.05) is 0 Å². The molecule has 46 valence electrons. The second kappa shape index (κ2) is 2.29. The van der Waals surface area contributed by atoms with Crippen LogP contribution in [-0.4, -0.2) is 10.6 Å². The molecule has 0 radical (unpaired) electrons. The van der Waals surface area contributed by atoms with Gasteiger partial charge in [0.1, 0.15) is 0 Å². The fourth-order valence-electron chi connectivity index (χ4n) is 1.10. The average Bonchev–Trinajstić information content (AvgIpc) is 1.77. The molecule has 0 unspecified atom stereocenters. The molecule has 1 aliphatic carbocycles. The molecule has 1 saturated carbocycles. The minimum absolute atomic E-state index is 0.711. The van der Waals surface area contributed by atoms with E-state index in [9.17, 15) is 0 Å². The van der Waals surface area contributed by atoms with Crippen LogP contribution < -0.4 is 0 Å². The summed E-state index contributed by atoms with van der Waals surface area (Å²) in [5, 5.41) is 0. The van der Waals surface area contributed by atoms with E-state index in [2.05, 4.69) is 6.92 Å². The standard InChI is InChI=1S/C7H12O/c1-6-2-4-7(8)5-3-6/h6H,2-5H2,1H3/p+1. The molecule has 0 atom stereocenters. The molecule has 0 aromatic rings. The van der Waals surface area contributed by atoms with Crippen molar-refractivity contribution in [2.45, 2.75) is 32.6 Å². The van der Waals surface area contributed by atoms with E-state index in [0.29, 0.717) is 5.78 Å². The Hall–Kier alpha value is -0.330. The van der Waals surface area contributed by atoms with Crippen molar-refractivity contribution in [2.24, 2.45) is 5.92 Å². The highest BCUT2D eigenvalue weighted by molar-refractivity contribution is 5.80. The molecule has 0 amide bonds. The largest absolute Gasteiger partial charge is 0.293 e. The van der Waals surface area contributed by atoms with Gasteiger partial charge in [-0.25, -0.2) is 0 Å². The minimum atomic E-state index is 0.711. The first kappa shape index (κ1) is 5.80. The molecule has 0 aromatic carbocycles. The third-order valence-corrected chi connectivity index (χ3v) is 1.85. The average molecular weight is 113 g/mol. The van der Waals surface area contributed by atoms with Crippen LogP contribution in [0.1, 0.15) is 32.6 Å². The maximum absolute atomic E-state index is 8.94. The molecule has 0 heterocycles. The molecule has 1 nitrogen and oxygen atoms in total. The maximum Gasteiger partial charge on any atom is 0.293 e. The molecule has 0 spiro atoms. The summed E-state index contributed by atoms with van der Waals surface area (Å²) in [5.74, 6) is 1.55. The molecule has 0 aliphatic heterocycles. The van der Waals surface area contributed by atoms with Crippen molar-refractivity contribution in [3.8, 4) is 0 Å². The zero-order valence-electron chi connectivity index (χ0n) is 5.35. The van der Waals surface area contributed by atoms with Gasteiger partial charge in [0.2, 0.25) is 0 Å². The summed E-state index contributed by atoms with van der Waals surface area (Å²) >= 11 is 0. The van der Waals surface area contributed by atoms with Crippen molar-refractivity contribution in [1.29, 1.82) is 0 Å². The summed E-state index contributed by atoms with van der Waals surface area (Å²) in [6, 6.07) is 0. The van der Waals surface area contributed by atoms with Gasteiger partial charge in [-0.3, -0.25) is 4.79 Å². The van der Waals surface area contributed by atoms with Gasteiger partial charge in [0.05, 0.1) is 12.8 Å². The number of rotatable bonds is 0. The summed E-state index contributed by atoms with van der Waals surface area (Å²) < 4.78 is 0. The topological polar surface area (TPSA) is 21.4 Å². The predicted molar refractivity (Wildman–Crippen MR) is 34.6 cm³/mol. The first-order valence-electron chi connectivity index (χ1n) is 3.32. The summed E-state index contributed by atoms with van der Waals surface area (Å²) in [6.45, 7) is 2.24. The zero-order chi connectivity index (χ0) is 5.98. The molecule has 1 rings (SSSR count). The van der Waals surface area contributed by atoms with Gasteiger partial charge in [0.15, 0.2) is 0 Å². The Morgan fingerprint density at radius 3 is 2.25 bits per heavy atom. The first-order chi connectivity index (χ1) is 3.79. The lowest BCUT2D eigenvalue weighted by Crippen LogP contribution is -2.10. The third-order valence-electron chi connectivity index (χ3n) is 1.85. The summed E-state index contributed by atoms with van der Waals surface area (Å²) in [4.78, 5) is 8.94. The predicted octanol–water partition coefficient (Wildman–Crippen LogP) is 1.74. The Morgan fingerprint density at radius 1 is 1.38 bits per heavy atom. The normalized spacial score (nSPS) is 30.6.